The Hall–Kier alpha value is -2.57. The Morgan fingerprint density at radius 3 is 1.51 bits per heavy atom. The summed E-state index contributed by atoms with van der Waals surface area (Å²) < 4.78 is 22.7. The molecule has 0 aromatic rings. The van der Waals surface area contributed by atoms with Crippen LogP contribution in [-0.4, -0.2) is 140 Å². The third kappa shape index (κ3) is 28.0. The van der Waals surface area contributed by atoms with Gasteiger partial charge in [0.1, 0.15) is 48.8 Å². The van der Waals surface area contributed by atoms with E-state index in [1.807, 2.05) is 6.08 Å². The van der Waals surface area contributed by atoms with Crippen molar-refractivity contribution in [3.63, 3.8) is 0 Å². The quantitative estimate of drug-likeness (QED) is 0.0209. The van der Waals surface area contributed by atoms with E-state index < -0.39 is 86.8 Å². The lowest BCUT2D eigenvalue weighted by Gasteiger charge is -2.46. The molecule has 0 bridgehead atoms. The summed E-state index contributed by atoms with van der Waals surface area (Å²) in [5.74, 6) is -0.251. The lowest BCUT2D eigenvalue weighted by molar-refractivity contribution is -0.359. The van der Waals surface area contributed by atoms with E-state index in [4.69, 9.17) is 18.9 Å². The Morgan fingerprint density at radius 1 is 0.529 bits per heavy atom. The van der Waals surface area contributed by atoms with Crippen molar-refractivity contribution in [1.82, 2.24) is 5.32 Å². The van der Waals surface area contributed by atoms with E-state index in [0.717, 1.165) is 77.0 Å². The molecule has 9 N–H and O–H groups in total. The van der Waals surface area contributed by atoms with E-state index in [-0.39, 0.29) is 18.9 Å². The normalized spacial score (nSPS) is 26.5. The summed E-state index contributed by atoms with van der Waals surface area (Å²) in [6, 6.07) is -0.920. The van der Waals surface area contributed by atoms with E-state index in [1.165, 1.54) is 77.0 Å². The fourth-order valence-corrected chi connectivity index (χ4v) is 8.49. The molecule has 14 nitrogen and oxygen atoms in total. The fourth-order valence-electron chi connectivity index (χ4n) is 8.49. The summed E-state index contributed by atoms with van der Waals surface area (Å²) in [7, 11) is 0. The first-order valence-electron chi connectivity index (χ1n) is 27.2. The second kappa shape index (κ2) is 41.9. The molecule has 14 heteroatoms. The van der Waals surface area contributed by atoms with Crippen LogP contribution in [0.2, 0.25) is 0 Å². The van der Waals surface area contributed by atoms with Gasteiger partial charge in [-0.25, -0.2) is 0 Å². The predicted molar refractivity (Wildman–Crippen MR) is 277 cm³/mol. The van der Waals surface area contributed by atoms with Crippen LogP contribution in [0.5, 0.6) is 0 Å². The highest BCUT2D eigenvalue weighted by Gasteiger charge is 2.51. The number of rotatable bonds is 41. The van der Waals surface area contributed by atoms with Crippen molar-refractivity contribution < 1.29 is 64.6 Å². The number of allylic oxidation sites excluding steroid dienone is 11. The third-order valence-electron chi connectivity index (χ3n) is 12.9. The summed E-state index contributed by atoms with van der Waals surface area (Å²) in [6.45, 7) is 2.64. The van der Waals surface area contributed by atoms with Crippen LogP contribution in [0.15, 0.2) is 72.9 Å². The smallest absolute Gasteiger partial charge is 0.220 e. The molecule has 2 aliphatic heterocycles. The van der Waals surface area contributed by atoms with Crippen molar-refractivity contribution in [3.8, 4) is 0 Å². The topological polar surface area (TPSA) is 228 Å². The van der Waals surface area contributed by atoms with E-state index in [1.54, 1.807) is 6.08 Å². The Balaban J connectivity index is 1.75. The second-order valence-corrected chi connectivity index (χ2v) is 19.0. The molecule has 12 unspecified atom stereocenters. The maximum absolute atomic E-state index is 13.2. The summed E-state index contributed by atoms with van der Waals surface area (Å²) >= 11 is 0. The Bertz CT molecular complexity index is 1450. The Morgan fingerprint density at radius 2 is 0.986 bits per heavy atom. The van der Waals surface area contributed by atoms with Crippen LogP contribution < -0.4 is 5.32 Å². The van der Waals surface area contributed by atoms with E-state index in [2.05, 4.69) is 79.9 Å². The van der Waals surface area contributed by atoms with Gasteiger partial charge in [-0.3, -0.25) is 4.79 Å². The van der Waals surface area contributed by atoms with Crippen molar-refractivity contribution >= 4 is 5.91 Å². The van der Waals surface area contributed by atoms with E-state index >= 15 is 0 Å². The molecule has 12 atom stereocenters. The lowest BCUT2D eigenvalue weighted by Crippen LogP contribution is -2.65. The first-order chi connectivity index (χ1) is 34.1. The van der Waals surface area contributed by atoms with Gasteiger partial charge in [-0.2, -0.15) is 0 Å². The lowest BCUT2D eigenvalue weighted by atomic mass is 9.97. The van der Waals surface area contributed by atoms with E-state index in [0.29, 0.717) is 6.42 Å². The van der Waals surface area contributed by atoms with E-state index in [9.17, 15) is 45.6 Å². The molecule has 0 spiro atoms. The number of nitrogens with one attached hydrogen (secondary N) is 1. The maximum Gasteiger partial charge on any atom is 0.220 e. The van der Waals surface area contributed by atoms with Gasteiger partial charge >= 0.3 is 0 Å². The number of aliphatic hydroxyl groups excluding tert-OH is 8. The average Bonchev–Trinajstić information content (AvgIpc) is 3.36. The number of aliphatic hydroxyl groups is 8. The number of carbonyl (C=O) groups is 1. The molecule has 2 aliphatic rings. The fraction of sp³-hybridized carbons (Fsp3) is 0.768. The molecule has 0 radical (unpaired) electrons. The molecule has 404 valence electrons. The molecule has 0 saturated carbocycles. The highest BCUT2D eigenvalue weighted by Crippen LogP contribution is 2.30. The third-order valence-corrected chi connectivity index (χ3v) is 12.9. The zero-order valence-electron chi connectivity index (χ0n) is 43.0. The van der Waals surface area contributed by atoms with Crippen LogP contribution >= 0.6 is 0 Å². The maximum atomic E-state index is 13.2. The largest absolute Gasteiger partial charge is 0.394 e. The van der Waals surface area contributed by atoms with Crippen molar-refractivity contribution in [2.45, 2.75) is 254 Å². The summed E-state index contributed by atoms with van der Waals surface area (Å²) in [4.78, 5) is 13.2. The standard InChI is InChI=1S/C56H97NO13/c1-3-5-7-9-11-13-15-16-17-18-19-20-21-22-23-24-25-26-27-28-30-32-34-36-38-40-48(61)57-44(45(60)39-37-35-33-31-29-14-12-10-8-6-4-2)43-67-55-53(66)51(64)54(47(42-59)69-55)70-56-52(65)50(63)49(62)46(41-58)68-56/h5,7,11,13,16-17,19-20,22-23,37,39,44-47,49-56,58-60,62-66H,3-4,6,8-10,12,14-15,18,21,24-36,38,40-43H2,1-2H3,(H,57,61)/b7-5-,13-11-,17-16-,20-19-,23-22-,39-37+. The second-order valence-electron chi connectivity index (χ2n) is 19.0. The van der Waals surface area contributed by atoms with Gasteiger partial charge in [-0.05, 0) is 64.2 Å². The van der Waals surface area contributed by atoms with Crippen LogP contribution in [0.4, 0.5) is 0 Å². The Labute approximate surface area is 421 Å². The first-order valence-corrected chi connectivity index (χ1v) is 27.2. The van der Waals surface area contributed by atoms with Crippen molar-refractivity contribution in [3.05, 3.63) is 72.9 Å². The highest BCUT2D eigenvalue weighted by molar-refractivity contribution is 5.76. The minimum Gasteiger partial charge on any atom is -0.394 e. The minimum atomic E-state index is -1.79. The molecule has 0 aromatic carbocycles. The highest BCUT2D eigenvalue weighted by atomic mass is 16.7. The zero-order valence-corrected chi connectivity index (χ0v) is 43.0. The summed E-state index contributed by atoms with van der Waals surface area (Å²) in [5, 5.41) is 86.8. The first kappa shape index (κ1) is 63.5. The molecular formula is C56H97NO13. The zero-order chi connectivity index (χ0) is 51.0. The van der Waals surface area contributed by atoms with Gasteiger partial charge in [0.25, 0.3) is 0 Å². The number of ether oxygens (including phenoxy) is 4. The number of hydrogen-bond donors (Lipinski definition) is 9. The number of carbonyl (C=O) groups excluding carboxylic acids is 1. The van der Waals surface area contributed by atoms with Crippen molar-refractivity contribution in [2.24, 2.45) is 0 Å². The van der Waals surface area contributed by atoms with Gasteiger partial charge in [0, 0.05) is 6.42 Å². The van der Waals surface area contributed by atoms with Crippen LogP contribution in [0, 0.1) is 0 Å². The molecule has 0 aromatic heterocycles. The SMILES string of the molecule is CC/C=C\C/C=C\C/C=C\C/C=C\C/C=C\CCCCCCCCCCCC(=O)NC(COC1OC(CO)C(OC2OC(CO)C(O)C(O)C2O)C(O)C1O)C(O)/C=C/CCCCCCCCCCC. The van der Waals surface area contributed by atoms with Gasteiger partial charge in [0.15, 0.2) is 12.6 Å². The molecule has 2 heterocycles. The van der Waals surface area contributed by atoms with Crippen LogP contribution in [0.25, 0.3) is 0 Å². The van der Waals surface area contributed by atoms with Gasteiger partial charge in [0.2, 0.25) is 5.91 Å². The number of amides is 1. The van der Waals surface area contributed by atoms with Crippen LogP contribution in [-0.2, 0) is 23.7 Å². The summed E-state index contributed by atoms with van der Waals surface area (Å²) in [5.41, 5.74) is 0. The van der Waals surface area contributed by atoms with Gasteiger partial charge in [-0.1, -0.05) is 183 Å². The van der Waals surface area contributed by atoms with Crippen LogP contribution in [0.1, 0.15) is 181 Å². The minimum absolute atomic E-state index is 0.251. The predicted octanol–water partition coefficient (Wildman–Crippen LogP) is 7.99. The van der Waals surface area contributed by atoms with Gasteiger partial charge in [0.05, 0.1) is 32.0 Å². The van der Waals surface area contributed by atoms with Crippen molar-refractivity contribution in [1.29, 1.82) is 0 Å². The van der Waals surface area contributed by atoms with Gasteiger partial charge < -0.3 is 65.1 Å². The monoisotopic (exact) mass is 992 g/mol. The molecule has 2 rings (SSSR count). The average molecular weight is 992 g/mol. The summed E-state index contributed by atoms with van der Waals surface area (Å²) in [6.07, 6.45) is 36.6. The number of hydrogen-bond acceptors (Lipinski definition) is 13. The molecule has 2 saturated heterocycles. The van der Waals surface area contributed by atoms with Crippen LogP contribution in [0.3, 0.4) is 0 Å². The molecule has 70 heavy (non-hydrogen) atoms. The molecule has 0 aliphatic carbocycles. The Kier molecular flexibility index (Phi) is 38.0. The molecular weight excluding hydrogens is 895 g/mol. The molecule has 2 fully saturated rings. The van der Waals surface area contributed by atoms with Gasteiger partial charge in [-0.15, -0.1) is 0 Å². The van der Waals surface area contributed by atoms with Crippen molar-refractivity contribution in [2.75, 3.05) is 19.8 Å². The molecule has 1 amide bonds. The number of unbranched alkanes of at least 4 members (excludes halogenated alkanes) is 18.